The Labute approximate surface area is 122 Å². The number of nitrogens with one attached hydrogen (secondary N) is 1. The standard InChI is InChI=1S/C15H18F2N2S/c1-10(2)19-15(9-18)6-5-12(8-15)20-14-7-11(16)3-4-13(14)17/h3-4,7,10,12,19H,5-6,8H2,1-2H3. The highest BCUT2D eigenvalue weighted by atomic mass is 32.2. The largest absolute Gasteiger partial charge is 0.297 e. The molecule has 0 heterocycles. The monoisotopic (exact) mass is 296 g/mol. The lowest BCUT2D eigenvalue weighted by Crippen LogP contribution is -2.45. The van der Waals surface area contributed by atoms with Gasteiger partial charge in [0.25, 0.3) is 0 Å². The van der Waals surface area contributed by atoms with Gasteiger partial charge in [0.05, 0.1) is 6.07 Å². The molecule has 2 atom stereocenters. The number of hydrogen-bond donors (Lipinski definition) is 1. The third-order valence-electron chi connectivity index (χ3n) is 3.44. The molecule has 108 valence electrons. The van der Waals surface area contributed by atoms with Crippen molar-refractivity contribution in [3.05, 3.63) is 29.8 Å². The van der Waals surface area contributed by atoms with Crippen LogP contribution >= 0.6 is 11.8 Å². The summed E-state index contributed by atoms with van der Waals surface area (Å²) < 4.78 is 26.8. The number of rotatable bonds is 4. The van der Waals surface area contributed by atoms with Gasteiger partial charge in [0.15, 0.2) is 0 Å². The van der Waals surface area contributed by atoms with Gasteiger partial charge >= 0.3 is 0 Å². The van der Waals surface area contributed by atoms with Crippen LogP contribution < -0.4 is 5.32 Å². The molecule has 0 amide bonds. The Morgan fingerprint density at radius 2 is 2.20 bits per heavy atom. The predicted molar refractivity (Wildman–Crippen MR) is 76.5 cm³/mol. The van der Waals surface area contributed by atoms with E-state index in [-0.39, 0.29) is 11.3 Å². The van der Waals surface area contributed by atoms with E-state index < -0.39 is 17.2 Å². The van der Waals surface area contributed by atoms with Crippen molar-refractivity contribution in [1.82, 2.24) is 5.32 Å². The number of nitriles is 1. The highest BCUT2D eigenvalue weighted by Crippen LogP contribution is 2.41. The lowest BCUT2D eigenvalue weighted by molar-refractivity contribution is 0.386. The summed E-state index contributed by atoms with van der Waals surface area (Å²) in [6.07, 6.45) is 2.23. The van der Waals surface area contributed by atoms with Crippen molar-refractivity contribution in [2.24, 2.45) is 0 Å². The lowest BCUT2D eigenvalue weighted by atomic mass is 9.99. The average Bonchev–Trinajstić information content (AvgIpc) is 2.77. The normalized spacial score (nSPS) is 25.9. The first-order chi connectivity index (χ1) is 9.44. The molecule has 1 aromatic rings. The van der Waals surface area contributed by atoms with Crippen molar-refractivity contribution in [3.8, 4) is 6.07 Å². The molecule has 1 aliphatic rings. The lowest BCUT2D eigenvalue weighted by Gasteiger charge is -2.25. The first-order valence-electron chi connectivity index (χ1n) is 6.75. The zero-order chi connectivity index (χ0) is 14.8. The topological polar surface area (TPSA) is 35.8 Å². The number of nitrogens with zero attached hydrogens (tertiary/aromatic N) is 1. The van der Waals surface area contributed by atoms with Crippen molar-refractivity contribution < 1.29 is 8.78 Å². The second-order valence-electron chi connectivity index (χ2n) is 5.55. The van der Waals surface area contributed by atoms with Crippen LogP contribution in [0.15, 0.2) is 23.1 Å². The summed E-state index contributed by atoms with van der Waals surface area (Å²) in [6.45, 7) is 4.01. The summed E-state index contributed by atoms with van der Waals surface area (Å²) in [5.41, 5.74) is -0.532. The molecular formula is C15H18F2N2S. The van der Waals surface area contributed by atoms with Gasteiger partial charge < -0.3 is 0 Å². The fourth-order valence-corrected chi connectivity index (χ4v) is 3.99. The Hall–Kier alpha value is -1.12. The molecule has 2 unspecified atom stereocenters. The molecule has 20 heavy (non-hydrogen) atoms. The molecule has 1 fully saturated rings. The van der Waals surface area contributed by atoms with Crippen molar-refractivity contribution in [2.75, 3.05) is 0 Å². The molecule has 2 rings (SSSR count). The van der Waals surface area contributed by atoms with Gasteiger partial charge in [-0.25, -0.2) is 8.78 Å². The molecular weight excluding hydrogens is 278 g/mol. The van der Waals surface area contributed by atoms with Crippen LogP contribution in [0.5, 0.6) is 0 Å². The van der Waals surface area contributed by atoms with E-state index in [9.17, 15) is 14.0 Å². The molecule has 0 spiro atoms. The van der Waals surface area contributed by atoms with Crippen LogP contribution in [0.4, 0.5) is 8.78 Å². The Morgan fingerprint density at radius 3 is 2.85 bits per heavy atom. The number of thioether (sulfide) groups is 1. The zero-order valence-electron chi connectivity index (χ0n) is 11.6. The van der Waals surface area contributed by atoms with Gasteiger partial charge in [-0.2, -0.15) is 5.26 Å². The summed E-state index contributed by atoms with van der Waals surface area (Å²) in [4.78, 5) is 0.327. The van der Waals surface area contributed by atoms with Crippen LogP contribution in [0, 0.1) is 23.0 Å². The Bertz CT molecular complexity index is 527. The van der Waals surface area contributed by atoms with Gasteiger partial charge in [-0.3, -0.25) is 5.32 Å². The molecule has 0 saturated heterocycles. The van der Waals surface area contributed by atoms with E-state index in [1.807, 2.05) is 13.8 Å². The minimum absolute atomic E-state index is 0.136. The van der Waals surface area contributed by atoms with Gasteiger partial charge in [-0.05, 0) is 51.3 Å². The zero-order valence-corrected chi connectivity index (χ0v) is 12.4. The Kier molecular flexibility index (Phi) is 4.66. The number of hydrogen-bond acceptors (Lipinski definition) is 3. The third kappa shape index (κ3) is 3.50. The SMILES string of the molecule is CC(C)NC1(C#N)CCC(Sc2cc(F)ccc2F)C1. The molecule has 0 radical (unpaired) electrons. The first-order valence-corrected chi connectivity index (χ1v) is 7.63. The van der Waals surface area contributed by atoms with Crippen molar-refractivity contribution >= 4 is 11.8 Å². The van der Waals surface area contributed by atoms with Gasteiger partial charge in [0.1, 0.15) is 17.2 Å². The van der Waals surface area contributed by atoms with Gasteiger partial charge in [0, 0.05) is 16.2 Å². The maximum Gasteiger partial charge on any atom is 0.136 e. The maximum absolute atomic E-state index is 13.6. The van der Waals surface area contributed by atoms with Crippen LogP contribution in [0.25, 0.3) is 0 Å². The van der Waals surface area contributed by atoms with E-state index in [4.69, 9.17) is 0 Å². The van der Waals surface area contributed by atoms with E-state index in [1.54, 1.807) is 0 Å². The molecule has 2 nitrogen and oxygen atoms in total. The van der Waals surface area contributed by atoms with Crippen LogP contribution in [0.1, 0.15) is 33.1 Å². The molecule has 1 N–H and O–H groups in total. The highest BCUT2D eigenvalue weighted by Gasteiger charge is 2.40. The smallest absolute Gasteiger partial charge is 0.136 e. The number of halogens is 2. The summed E-state index contributed by atoms with van der Waals surface area (Å²) in [7, 11) is 0. The molecule has 0 aromatic heterocycles. The summed E-state index contributed by atoms with van der Waals surface area (Å²) in [5.74, 6) is -0.832. The highest BCUT2D eigenvalue weighted by molar-refractivity contribution is 8.00. The van der Waals surface area contributed by atoms with Crippen LogP contribution in [-0.4, -0.2) is 16.8 Å². The quantitative estimate of drug-likeness (QED) is 0.916. The third-order valence-corrected chi connectivity index (χ3v) is 4.74. The Balaban J connectivity index is 2.06. The van der Waals surface area contributed by atoms with Gasteiger partial charge in [-0.1, -0.05) is 0 Å². The fraction of sp³-hybridized carbons (Fsp3) is 0.533. The summed E-state index contributed by atoms with van der Waals surface area (Å²) in [6, 6.07) is 6.08. The predicted octanol–water partition coefficient (Wildman–Crippen LogP) is 3.87. The second kappa shape index (κ2) is 6.11. The Morgan fingerprint density at radius 1 is 1.45 bits per heavy atom. The van der Waals surface area contributed by atoms with Crippen molar-refractivity contribution in [1.29, 1.82) is 5.26 Å². The number of benzene rings is 1. The van der Waals surface area contributed by atoms with E-state index in [2.05, 4.69) is 11.4 Å². The summed E-state index contributed by atoms with van der Waals surface area (Å²) >= 11 is 1.33. The molecule has 0 bridgehead atoms. The van der Waals surface area contributed by atoms with Crippen LogP contribution in [0.2, 0.25) is 0 Å². The van der Waals surface area contributed by atoms with Gasteiger partial charge in [-0.15, -0.1) is 11.8 Å². The van der Waals surface area contributed by atoms with Crippen molar-refractivity contribution in [2.45, 2.75) is 54.8 Å². The van der Waals surface area contributed by atoms with Crippen LogP contribution in [-0.2, 0) is 0 Å². The van der Waals surface area contributed by atoms with Gasteiger partial charge in [0.2, 0.25) is 0 Å². The van der Waals surface area contributed by atoms with Crippen LogP contribution in [0.3, 0.4) is 0 Å². The molecule has 1 aromatic carbocycles. The average molecular weight is 296 g/mol. The molecule has 0 aliphatic heterocycles. The maximum atomic E-state index is 13.6. The minimum Gasteiger partial charge on any atom is -0.297 e. The van der Waals surface area contributed by atoms with E-state index in [1.165, 1.54) is 17.8 Å². The summed E-state index contributed by atoms with van der Waals surface area (Å²) in [5, 5.41) is 12.8. The van der Waals surface area contributed by atoms with E-state index in [0.717, 1.165) is 25.0 Å². The van der Waals surface area contributed by atoms with Crippen molar-refractivity contribution in [3.63, 3.8) is 0 Å². The fourth-order valence-electron chi connectivity index (χ4n) is 2.67. The second-order valence-corrected chi connectivity index (χ2v) is 6.89. The minimum atomic E-state index is -0.532. The van der Waals surface area contributed by atoms with E-state index in [0.29, 0.717) is 11.3 Å². The molecule has 1 saturated carbocycles. The molecule has 1 aliphatic carbocycles. The van der Waals surface area contributed by atoms with E-state index >= 15 is 0 Å². The first kappa shape index (κ1) is 15.3. The molecule has 5 heteroatoms.